The van der Waals surface area contributed by atoms with Crippen molar-refractivity contribution in [2.45, 2.75) is 0 Å². The van der Waals surface area contributed by atoms with Crippen molar-refractivity contribution in [1.82, 2.24) is 9.38 Å². The number of nitrogens with zero attached hydrogens (tertiary/aromatic N) is 2. The van der Waals surface area contributed by atoms with Gasteiger partial charge in [-0.3, -0.25) is 0 Å². The van der Waals surface area contributed by atoms with Gasteiger partial charge in [-0.25, -0.2) is 4.98 Å². The van der Waals surface area contributed by atoms with E-state index in [2.05, 4.69) is 199 Å². The van der Waals surface area contributed by atoms with Crippen LogP contribution in [0.15, 0.2) is 194 Å². The Bertz CT molecular complexity index is 2840. The Labute approximate surface area is 296 Å². The summed E-state index contributed by atoms with van der Waals surface area (Å²) in [5, 5.41) is 7.53. The van der Waals surface area contributed by atoms with Crippen LogP contribution in [0.25, 0.3) is 93.7 Å². The van der Waals surface area contributed by atoms with Crippen molar-refractivity contribution in [3.63, 3.8) is 0 Å². The van der Waals surface area contributed by atoms with Crippen LogP contribution in [0.3, 0.4) is 0 Å². The summed E-state index contributed by atoms with van der Waals surface area (Å²) < 4.78 is 2.15. The third-order valence-electron chi connectivity index (χ3n) is 10.2. The van der Waals surface area contributed by atoms with Crippen molar-refractivity contribution in [3.8, 4) is 55.8 Å². The van der Waals surface area contributed by atoms with Gasteiger partial charge in [-0.15, -0.1) is 0 Å². The molecule has 0 spiro atoms. The second-order valence-corrected chi connectivity index (χ2v) is 13.2. The molecule has 51 heavy (non-hydrogen) atoms. The standard InChI is InChI=1S/C49H32N2/c1-2-13-34(14-3-1)40-16-6-7-17-41(40)39-28-29-47-50-46(32-51(47)31-39)35-23-25-36(26-24-35)48-42-18-8-10-20-44(42)49(45-21-11-9-19-43(45)48)38-27-22-33-12-4-5-15-37(33)30-38/h1-32H. The Hall–Kier alpha value is -6.77. The molecule has 8 aromatic carbocycles. The molecule has 238 valence electrons. The van der Waals surface area contributed by atoms with Crippen LogP contribution in [-0.4, -0.2) is 9.38 Å². The fourth-order valence-corrected chi connectivity index (χ4v) is 7.80. The summed E-state index contributed by atoms with van der Waals surface area (Å²) in [5.41, 5.74) is 12.7. The molecule has 0 N–H and O–H groups in total. The fraction of sp³-hybridized carbons (Fsp3) is 0. The van der Waals surface area contributed by atoms with Crippen LogP contribution >= 0.6 is 0 Å². The topological polar surface area (TPSA) is 17.3 Å². The highest BCUT2D eigenvalue weighted by Crippen LogP contribution is 2.44. The summed E-state index contributed by atoms with van der Waals surface area (Å²) >= 11 is 0. The molecule has 0 aliphatic carbocycles. The van der Waals surface area contributed by atoms with E-state index in [4.69, 9.17) is 4.98 Å². The molecular formula is C49H32N2. The van der Waals surface area contributed by atoms with Gasteiger partial charge in [0, 0.05) is 18.0 Å². The lowest BCUT2D eigenvalue weighted by Gasteiger charge is -2.18. The lowest BCUT2D eigenvalue weighted by atomic mass is 9.85. The average molecular weight is 649 g/mol. The number of imidazole rings is 1. The molecule has 0 amide bonds. The molecule has 10 rings (SSSR count). The summed E-state index contributed by atoms with van der Waals surface area (Å²) in [7, 11) is 0. The van der Waals surface area contributed by atoms with Crippen LogP contribution in [-0.2, 0) is 0 Å². The smallest absolute Gasteiger partial charge is 0.137 e. The third-order valence-corrected chi connectivity index (χ3v) is 10.2. The first kappa shape index (κ1) is 29.2. The predicted octanol–water partition coefficient (Wildman–Crippen LogP) is 13.1. The quantitative estimate of drug-likeness (QED) is 0.170. The first-order valence-corrected chi connectivity index (χ1v) is 17.5. The lowest BCUT2D eigenvalue weighted by molar-refractivity contribution is 1.19. The van der Waals surface area contributed by atoms with Crippen molar-refractivity contribution >= 4 is 38.0 Å². The summed E-state index contributed by atoms with van der Waals surface area (Å²) in [4.78, 5) is 5.03. The zero-order valence-corrected chi connectivity index (χ0v) is 27.9. The first-order valence-electron chi connectivity index (χ1n) is 17.5. The molecule has 10 aromatic rings. The Kier molecular flexibility index (Phi) is 6.85. The molecule has 2 heteroatoms. The summed E-state index contributed by atoms with van der Waals surface area (Å²) in [6.07, 6.45) is 4.33. The van der Waals surface area contributed by atoms with Crippen molar-refractivity contribution in [1.29, 1.82) is 0 Å². The van der Waals surface area contributed by atoms with Crippen LogP contribution in [0.5, 0.6) is 0 Å². The van der Waals surface area contributed by atoms with E-state index in [-0.39, 0.29) is 0 Å². The van der Waals surface area contributed by atoms with E-state index in [0.29, 0.717) is 0 Å². The fourth-order valence-electron chi connectivity index (χ4n) is 7.80. The van der Waals surface area contributed by atoms with Gasteiger partial charge in [0.2, 0.25) is 0 Å². The minimum Gasteiger partial charge on any atom is -0.306 e. The van der Waals surface area contributed by atoms with Gasteiger partial charge >= 0.3 is 0 Å². The molecule has 0 unspecified atom stereocenters. The van der Waals surface area contributed by atoms with E-state index in [0.717, 1.165) is 22.5 Å². The van der Waals surface area contributed by atoms with Crippen molar-refractivity contribution in [2.75, 3.05) is 0 Å². The molecule has 0 fully saturated rings. The normalized spacial score (nSPS) is 11.5. The van der Waals surface area contributed by atoms with Crippen LogP contribution in [0.2, 0.25) is 0 Å². The molecule has 0 aliphatic rings. The Morgan fingerprint density at radius 1 is 0.333 bits per heavy atom. The second-order valence-electron chi connectivity index (χ2n) is 13.2. The third kappa shape index (κ3) is 5.00. The molecular weight excluding hydrogens is 617 g/mol. The van der Waals surface area contributed by atoms with Gasteiger partial charge in [-0.2, -0.15) is 0 Å². The van der Waals surface area contributed by atoms with E-state index >= 15 is 0 Å². The molecule has 0 saturated carbocycles. The Morgan fingerprint density at radius 3 is 1.53 bits per heavy atom. The highest BCUT2D eigenvalue weighted by Gasteiger charge is 2.17. The van der Waals surface area contributed by atoms with Gasteiger partial charge < -0.3 is 4.40 Å². The maximum atomic E-state index is 5.03. The SMILES string of the molecule is c1ccc(-c2ccccc2-c2ccc3nc(-c4ccc(-c5c6ccccc6c(-c6ccc7ccccc7c6)c6ccccc56)cc4)cn3c2)cc1. The largest absolute Gasteiger partial charge is 0.306 e. The molecule has 0 bridgehead atoms. The van der Waals surface area contributed by atoms with E-state index in [1.54, 1.807) is 0 Å². The lowest BCUT2D eigenvalue weighted by Crippen LogP contribution is -1.91. The van der Waals surface area contributed by atoms with E-state index in [1.165, 1.54) is 71.3 Å². The first-order chi connectivity index (χ1) is 25.3. The van der Waals surface area contributed by atoms with Crippen molar-refractivity contribution in [3.05, 3.63) is 194 Å². The molecule has 0 radical (unpaired) electrons. The van der Waals surface area contributed by atoms with Crippen LogP contribution in [0.4, 0.5) is 0 Å². The van der Waals surface area contributed by atoms with Crippen molar-refractivity contribution < 1.29 is 0 Å². The zero-order valence-electron chi connectivity index (χ0n) is 27.9. The number of fused-ring (bicyclic) bond motifs is 4. The number of hydrogen-bond donors (Lipinski definition) is 0. The van der Waals surface area contributed by atoms with Gasteiger partial charge in [0.05, 0.1) is 5.69 Å². The zero-order chi connectivity index (χ0) is 33.7. The van der Waals surface area contributed by atoms with Crippen LogP contribution in [0, 0.1) is 0 Å². The molecule has 2 aromatic heterocycles. The Morgan fingerprint density at radius 2 is 0.843 bits per heavy atom. The monoisotopic (exact) mass is 648 g/mol. The van der Waals surface area contributed by atoms with Crippen molar-refractivity contribution in [2.24, 2.45) is 0 Å². The molecule has 0 atom stereocenters. The van der Waals surface area contributed by atoms with Crippen LogP contribution < -0.4 is 0 Å². The van der Waals surface area contributed by atoms with Gasteiger partial charge in [0.25, 0.3) is 0 Å². The molecule has 2 nitrogen and oxygen atoms in total. The molecule has 2 heterocycles. The number of benzene rings is 8. The number of aromatic nitrogens is 2. The maximum absolute atomic E-state index is 5.03. The summed E-state index contributed by atoms with van der Waals surface area (Å²) in [6, 6.07) is 65.5. The van der Waals surface area contributed by atoms with E-state index in [9.17, 15) is 0 Å². The molecule has 0 aliphatic heterocycles. The van der Waals surface area contributed by atoms with Gasteiger partial charge in [-0.05, 0) is 95.0 Å². The summed E-state index contributed by atoms with van der Waals surface area (Å²) in [6.45, 7) is 0. The number of hydrogen-bond acceptors (Lipinski definition) is 1. The van der Waals surface area contributed by atoms with Gasteiger partial charge in [0.15, 0.2) is 0 Å². The van der Waals surface area contributed by atoms with Gasteiger partial charge in [-0.1, -0.05) is 164 Å². The number of rotatable bonds is 5. The van der Waals surface area contributed by atoms with E-state index < -0.39 is 0 Å². The second kappa shape index (κ2) is 12.0. The predicted molar refractivity (Wildman–Crippen MR) is 215 cm³/mol. The summed E-state index contributed by atoms with van der Waals surface area (Å²) in [5.74, 6) is 0. The maximum Gasteiger partial charge on any atom is 0.137 e. The highest BCUT2D eigenvalue weighted by molar-refractivity contribution is 6.21. The average Bonchev–Trinajstić information content (AvgIpc) is 3.64. The Balaban J connectivity index is 1.06. The minimum atomic E-state index is 0.927. The highest BCUT2D eigenvalue weighted by atomic mass is 15.0. The molecule has 0 saturated heterocycles. The van der Waals surface area contributed by atoms with Crippen LogP contribution in [0.1, 0.15) is 0 Å². The minimum absolute atomic E-state index is 0.927. The van der Waals surface area contributed by atoms with E-state index in [1.807, 2.05) is 0 Å². The number of pyridine rings is 1. The van der Waals surface area contributed by atoms with Gasteiger partial charge in [0.1, 0.15) is 5.65 Å².